The molecular formula is C22H24N2O4. The van der Waals surface area contributed by atoms with Gasteiger partial charge in [-0.15, -0.1) is 0 Å². The molecule has 1 aliphatic rings. The first-order valence-corrected chi connectivity index (χ1v) is 9.63. The van der Waals surface area contributed by atoms with Crippen LogP contribution in [0, 0.1) is 0 Å². The van der Waals surface area contributed by atoms with E-state index in [1.165, 1.54) is 6.42 Å². The summed E-state index contributed by atoms with van der Waals surface area (Å²) in [4.78, 5) is 27.5. The third kappa shape index (κ3) is 3.47. The molecule has 0 radical (unpaired) electrons. The van der Waals surface area contributed by atoms with Crippen LogP contribution < -0.4 is 10.5 Å². The van der Waals surface area contributed by atoms with Gasteiger partial charge in [0.2, 0.25) is 0 Å². The molecule has 0 bridgehead atoms. The Bertz CT molecular complexity index is 1050. The van der Waals surface area contributed by atoms with Crippen molar-refractivity contribution in [2.24, 2.45) is 0 Å². The van der Waals surface area contributed by atoms with Crippen molar-refractivity contribution in [3.8, 4) is 5.75 Å². The number of aromatic nitrogens is 1. The molecule has 0 saturated carbocycles. The second-order valence-electron chi connectivity index (χ2n) is 7.33. The van der Waals surface area contributed by atoms with E-state index in [0.717, 1.165) is 19.4 Å². The topological polar surface area (TPSA) is 64.7 Å². The Balaban J connectivity index is 1.62. The third-order valence-corrected chi connectivity index (χ3v) is 5.55. The molecule has 2 aromatic carbocycles. The second-order valence-corrected chi connectivity index (χ2v) is 7.33. The lowest BCUT2D eigenvalue weighted by molar-refractivity contribution is 0.103. The van der Waals surface area contributed by atoms with E-state index in [-0.39, 0.29) is 11.5 Å². The number of rotatable bonds is 5. The van der Waals surface area contributed by atoms with E-state index in [9.17, 15) is 9.59 Å². The predicted molar refractivity (Wildman–Crippen MR) is 107 cm³/mol. The molecule has 0 spiro atoms. The number of ether oxygens (including phenoxy) is 1. The molecule has 1 aliphatic heterocycles. The SMILES string of the molecule is COc1ccc(C(=O)c2ccc3c(c2)oc(=O)n3CN2CCCCC2C)cc1. The van der Waals surface area contributed by atoms with E-state index in [1.807, 2.05) is 0 Å². The average molecular weight is 380 g/mol. The molecule has 2 heterocycles. The van der Waals surface area contributed by atoms with Gasteiger partial charge in [-0.05, 0) is 62.2 Å². The normalized spacial score (nSPS) is 17.7. The van der Waals surface area contributed by atoms with Crippen LogP contribution >= 0.6 is 0 Å². The molecule has 1 fully saturated rings. The molecule has 1 aromatic heterocycles. The number of carbonyl (C=O) groups is 1. The first-order valence-electron chi connectivity index (χ1n) is 9.63. The fourth-order valence-corrected chi connectivity index (χ4v) is 3.80. The van der Waals surface area contributed by atoms with Crippen molar-refractivity contribution in [1.29, 1.82) is 0 Å². The largest absolute Gasteiger partial charge is 0.497 e. The standard InChI is InChI=1S/C22H24N2O4/c1-15-5-3-4-12-23(15)14-24-19-11-8-17(13-20(19)28-22(24)26)21(25)16-6-9-18(27-2)10-7-16/h6-11,13,15H,3-5,12,14H2,1-2H3. The minimum atomic E-state index is -0.387. The van der Waals surface area contributed by atoms with Gasteiger partial charge in [-0.1, -0.05) is 6.42 Å². The van der Waals surface area contributed by atoms with Gasteiger partial charge in [-0.3, -0.25) is 14.3 Å². The summed E-state index contributed by atoms with van der Waals surface area (Å²) in [7, 11) is 1.59. The van der Waals surface area contributed by atoms with Crippen LogP contribution in [0.1, 0.15) is 42.1 Å². The molecule has 4 rings (SSSR count). The number of ketones is 1. The predicted octanol–water partition coefficient (Wildman–Crippen LogP) is 3.67. The van der Waals surface area contributed by atoms with Gasteiger partial charge in [0.25, 0.3) is 0 Å². The van der Waals surface area contributed by atoms with Gasteiger partial charge < -0.3 is 9.15 Å². The minimum absolute atomic E-state index is 0.121. The number of methoxy groups -OCH3 is 1. The summed E-state index contributed by atoms with van der Waals surface area (Å²) in [5.41, 5.74) is 2.21. The summed E-state index contributed by atoms with van der Waals surface area (Å²) in [6, 6.07) is 12.6. The number of nitrogens with zero attached hydrogens (tertiary/aromatic N) is 2. The highest BCUT2D eigenvalue weighted by atomic mass is 16.5. The van der Waals surface area contributed by atoms with Crippen LogP contribution in [0.2, 0.25) is 0 Å². The molecular weight excluding hydrogens is 356 g/mol. The van der Waals surface area contributed by atoms with E-state index in [1.54, 1.807) is 54.1 Å². The van der Waals surface area contributed by atoms with Gasteiger partial charge >= 0.3 is 5.76 Å². The van der Waals surface area contributed by atoms with Crippen LogP contribution in [0.25, 0.3) is 11.1 Å². The number of fused-ring (bicyclic) bond motifs is 1. The van der Waals surface area contributed by atoms with E-state index >= 15 is 0 Å². The molecule has 0 aliphatic carbocycles. The van der Waals surface area contributed by atoms with Gasteiger partial charge in [-0.2, -0.15) is 0 Å². The molecule has 28 heavy (non-hydrogen) atoms. The maximum atomic E-state index is 12.8. The average Bonchev–Trinajstić information content (AvgIpc) is 3.03. The number of benzene rings is 2. The van der Waals surface area contributed by atoms with Crippen LogP contribution in [-0.2, 0) is 6.67 Å². The van der Waals surface area contributed by atoms with Crippen molar-refractivity contribution in [1.82, 2.24) is 9.47 Å². The number of likely N-dealkylation sites (tertiary alicyclic amines) is 1. The quantitative estimate of drug-likeness (QED) is 0.632. The smallest absolute Gasteiger partial charge is 0.421 e. The first-order chi connectivity index (χ1) is 13.6. The van der Waals surface area contributed by atoms with Crippen LogP contribution in [0.3, 0.4) is 0 Å². The van der Waals surface area contributed by atoms with Crippen molar-refractivity contribution in [3.05, 3.63) is 64.1 Å². The van der Waals surface area contributed by atoms with Crippen LogP contribution in [-0.4, -0.2) is 34.9 Å². The maximum absolute atomic E-state index is 12.8. The summed E-state index contributed by atoms with van der Waals surface area (Å²) in [6.45, 7) is 3.69. The lowest BCUT2D eigenvalue weighted by Crippen LogP contribution is -2.40. The lowest BCUT2D eigenvalue weighted by Gasteiger charge is -2.33. The number of carbonyl (C=O) groups excluding carboxylic acids is 1. The van der Waals surface area contributed by atoms with E-state index in [0.29, 0.717) is 40.7 Å². The fraction of sp³-hybridized carbons (Fsp3) is 0.364. The summed E-state index contributed by atoms with van der Waals surface area (Å²) in [6.07, 6.45) is 3.52. The van der Waals surface area contributed by atoms with Crippen molar-refractivity contribution in [2.45, 2.75) is 38.9 Å². The number of hydrogen-bond donors (Lipinski definition) is 0. The molecule has 146 valence electrons. The molecule has 0 N–H and O–H groups in total. The van der Waals surface area contributed by atoms with Crippen molar-refractivity contribution in [3.63, 3.8) is 0 Å². The zero-order chi connectivity index (χ0) is 19.7. The number of piperidine rings is 1. The molecule has 1 saturated heterocycles. The van der Waals surface area contributed by atoms with Gasteiger partial charge in [0.1, 0.15) is 5.75 Å². The van der Waals surface area contributed by atoms with Crippen LogP contribution in [0.4, 0.5) is 0 Å². The van der Waals surface area contributed by atoms with E-state index in [4.69, 9.17) is 9.15 Å². The van der Waals surface area contributed by atoms with Crippen molar-refractivity contribution < 1.29 is 13.9 Å². The Hall–Kier alpha value is -2.86. The Labute approximate surface area is 163 Å². The Morgan fingerprint density at radius 1 is 1.14 bits per heavy atom. The molecule has 6 heteroatoms. The van der Waals surface area contributed by atoms with Gasteiger partial charge in [0, 0.05) is 23.7 Å². The second kappa shape index (κ2) is 7.64. The lowest BCUT2D eigenvalue weighted by atomic mass is 10.0. The van der Waals surface area contributed by atoms with E-state index < -0.39 is 0 Å². The highest BCUT2D eigenvalue weighted by Gasteiger charge is 2.21. The zero-order valence-electron chi connectivity index (χ0n) is 16.2. The maximum Gasteiger partial charge on any atom is 0.421 e. The van der Waals surface area contributed by atoms with Crippen LogP contribution in [0.5, 0.6) is 5.75 Å². The monoisotopic (exact) mass is 380 g/mol. The minimum Gasteiger partial charge on any atom is -0.497 e. The molecule has 0 amide bonds. The molecule has 3 aromatic rings. The molecule has 6 nitrogen and oxygen atoms in total. The summed E-state index contributed by atoms with van der Waals surface area (Å²) >= 11 is 0. The summed E-state index contributed by atoms with van der Waals surface area (Å²) < 4.78 is 12.2. The van der Waals surface area contributed by atoms with Gasteiger partial charge in [0.05, 0.1) is 19.3 Å². The van der Waals surface area contributed by atoms with Gasteiger partial charge in [-0.25, -0.2) is 4.79 Å². The van der Waals surface area contributed by atoms with E-state index in [2.05, 4.69) is 11.8 Å². The molecule has 1 unspecified atom stereocenters. The number of hydrogen-bond acceptors (Lipinski definition) is 5. The van der Waals surface area contributed by atoms with Crippen molar-refractivity contribution in [2.75, 3.05) is 13.7 Å². The Kier molecular flexibility index (Phi) is 5.05. The number of oxazole rings is 1. The molecule has 1 atom stereocenters. The Morgan fingerprint density at radius 2 is 1.89 bits per heavy atom. The van der Waals surface area contributed by atoms with Crippen molar-refractivity contribution >= 4 is 16.9 Å². The highest BCUT2D eigenvalue weighted by molar-refractivity contribution is 6.10. The summed E-state index contributed by atoms with van der Waals surface area (Å²) in [5.74, 6) is 0.188. The van der Waals surface area contributed by atoms with Crippen LogP contribution in [0.15, 0.2) is 51.7 Å². The fourth-order valence-electron chi connectivity index (χ4n) is 3.80. The highest BCUT2D eigenvalue weighted by Crippen LogP contribution is 2.22. The third-order valence-electron chi connectivity index (χ3n) is 5.55. The first kappa shape index (κ1) is 18.5. The van der Waals surface area contributed by atoms with Gasteiger partial charge in [0.15, 0.2) is 11.4 Å². The zero-order valence-corrected chi connectivity index (χ0v) is 16.2. The summed E-state index contributed by atoms with van der Waals surface area (Å²) in [5, 5.41) is 0. The Morgan fingerprint density at radius 3 is 2.61 bits per heavy atom.